The summed E-state index contributed by atoms with van der Waals surface area (Å²) in [5.41, 5.74) is 0.738. The Morgan fingerprint density at radius 3 is 2.44 bits per heavy atom. The molecule has 1 aromatic rings. The molecular formula is C19H27NO5. The zero-order valence-corrected chi connectivity index (χ0v) is 15.2. The molecule has 1 aliphatic rings. The fourth-order valence-corrected chi connectivity index (χ4v) is 3.02. The second-order valence-electron chi connectivity index (χ2n) is 6.34. The molecule has 0 heterocycles. The van der Waals surface area contributed by atoms with Crippen LogP contribution >= 0.6 is 0 Å². The average molecular weight is 349 g/mol. The molecule has 6 nitrogen and oxygen atoms in total. The highest BCUT2D eigenvalue weighted by Gasteiger charge is 2.22. The molecule has 138 valence electrons. The highest BCUT2D eigenvalue weighted by atomic mass is 16.5. The van der Waals surface area contributed by atoms with E-state index in [0.29, 0.717) is 11.5 Å². The highest BCUT2D eigenvalue weighted by molar-refractivity contribution is 5.84. The van der Waals surface area contributed by atoms with Gasteiger partial charge < -0.3 is 19.5 Å². The summed E-state index contributed by atoms with van der Waals surface area (Å²) in [7, 11) is 3.09. The van der Waals surface area contributed by atoms with Gasteiger partial charge in [0.25, 0.3) is 5.91 Å². The van der Waals surface area contributed by atoms with Crippen LogP contribution in [-0.2, 0) is 20.7 Å². The normalized spacial score (nSPS) is 16.0. The lowest BCUT2D eigenvalue weighted by Crippen LogP contribution is -2.42. The Morgan fingerprint density at radius 1 is 1.12 bits per heavy atom. The maximum Gasteiger partial charge on any atom is 0.311 e. The summed E-state index contributed by atoms with van der Waals surface area (Å²) in [6, 6.07) is 5.44. The molecule has 2 rings (SSSR count). The molecule has 1 amide bonds. The van der Waals surface area contributed by atoms with Crippen molar-refractivity contribution in [2.75, 3.05) is 14.2 Å². The van der Waals surface area contributed by atoms with E-state index in [1.807, 2.05) is 0 Å². The van der Waals surface area contributed by atoms with E-state index in [0.717, 1.165) is 31.2 Å². The quantitative estimate of drug-likeness (QED) is 0.766. The molecule has 1 aromatic carbocycles. The van der Waals surface area contributed by atoms with Crippen LogP contribution in [0.25, 0.3) is 0 Å². The van der Waals surface area contributed by atoms with Crippen molar-refractivity contribution in [3.8, 4) is 11.5 Å². The van der Waals surface area contributed by atoms with Gasteiger partial charge in [0.1, 0.15) is 0 Å². The van der Waals surface area contributed by atoms with Crippen LogP contribution in [0.15, 0.2) is 18.2 Å². The molecule has 1 atom stereocenters. The number of nitrogens with one attached hydrogen (secondary N) is 1. The number of amides is 1. The summed E-state index contributed by atoms with van der Waals surface area (Å²) >= 11 is 0. The molecule has 1 N–H and O–H groups in total. The van der Waals surface area contributed by atoms with E-state index >= 15 is 0 Å². The van der Waals surface area contributed by atoms with Crippen molar-refractivity contribution in [2.24, 2.45) is 0 Å². The maximum atomic E-state index is 12.2. The van der Waals surface area contributed by atoms with Crippen LogP contribution in [0.3, 0.4) is 0 Å². The number of carbonyl (C=O) groups is 2. The van der Waals surface area contributed by atoms with E-state index in [4.69, 9.17) is 14.2 Å². The predicted molar refractivity (Wildman–Crippen MR) is 93.8 cm³/mol. The lowest BCUT2D eigenvalue weighted by molar-refractivity contribution is -0.154. The fraction of sp³-hybridized carbons (Fsp3) is 0.579. The van der Waals surface area contributed by atoms with Gasteiger partial charge in [-0.05, 0) is 37.5 Å². The van der Waals surface area contributed by atoms with Crippen molar-refractivity contribution in [2.45, 2.75) is 57.6 Å². The molecule has 0 unspecified atom stereocenters. The number of hydrogen-bond acceptors (Lipinski definition) is 5. The summed E-state index contributed by atoms with van der Waals surface area (Å²) in [4.78, 5) is 24.3. The molecular weight excluding hydrogens is 322 g/mol. The summed E-state index contributed by atoms with van der Waals surface area (Å²) in [6.07, 6.45) is 4.77. The van der Waals surface area contributed by atoms with Gasteiger partial charge in [0.15, 0.2) is 17.6 Å². The van der Waals surface area contributed by atoms with Gasteiger partial charge >= 0.3 is 5.97 Å². The Labute approximate surface area is 148 Å². The first-order valence-corrected chi connectivity index (χ1v) is 8.74. The minimum absolute atomic E-state index is 0.0708. The van der Waals surface area contributed by atoms with Gasteiger partial charge in [0.2, 0.25) is 0 Å². The van der Waals surface area contributed by atoms with E-state index in [1.165, 1.54) is 13.5 Å². The van der Waals surface area contributed by atoms with Gasteiger partial charge in [-0.1, -0.05) is 25.3 Å². The van der Waals surface area contributed by atoms with Crippen molar-refractivity contribution < 1.29 is 23.8 Å². The standard InChI is InChI=1S/C19H27NO5/c1-13(19(22)20-15-7-5-4-6-8-15)25-18(21)12-14-9-10-16(23-2)17(11-14)24-3/h9-11,13,15H,4-8,12H2,1-3H3,(H,20,22)/t13-/m0/s1. The molecule has 0 saturated heterocycles. The average Bonchev–Trinajstić information content (AvgIpc) is 2.62. The minimum Gasteiger partial charge on any atom is -0.493 e. The first kappa shape index (κ1) is 19.1. The lowest BCUT2D eigenvalue weighted by atomic mass is 9.95. The van der Waals surface area contributed by atoms with E-state index < -0.39 is 12.1 Å². The zero-order chi connectivity index (χ0) is 18.2. The summed E-state index contributed by atoms with van der Waals surface area (Å²) in [6.45, 7) is 1.60. The van der Waals surface area contributed by atoms with Gasteiger partial charge in [0, 0.05) is 6.04 Å². The van der Waals surface area contributed by atoms with Crippen LogP contribution in [0.5, 0.6) is 11.5 Å². The van der Waals surface area contributed by atoms with Gasteiger partial charge in [-0.15, -0.1) is 0 Å². The third-order valence-corrected chi connectivity index (χ3v) is 4.43. The third-order valence-electron chi connectivity index (χ3n) is 4.43. The number of esters is 1. The van der Waals surface area contributed by atoms with Crippen LogP contribution in [0.4, 0.5) is 0 Å². The fourth-order valence-electron chi connectivity index (χ4n) is 3.02. The number of benzene rings is 1. The second-order valence-corrected chi connectivity index (χ2v) is 6.34. The topological polar surface area (TPSA) is 73.9 Å². The van der Waals surface area contributed by atoms with Crippen LogP contribution in [0.1, 0.15) is 44.6 Å². The van der Waals surface area contributed by atoms with E-state index in [1.54, 1.807) is 32.2 Å². The largest absolute Gasteiger partial charge is 0.493 e. The first-order chi connectivity index (χ1) is 12.0. The van der Waals surface area contributed by atoms with Crippen molar-refractivity contribution in [3.05, 3.63) is 23.8 Å². The Morgan fingerprint density at radius 2 is 1.80 bits per heavy atom. The first-order valence-electron chi connectivity index (χ1n) is 8.74. The molecule has 6 heteroatoms. The van der Waals surface area contributed by atoms with Gasteiger partial charge in [-0.3, -0.25) is 9.59 Å². The number of ether oxygens (including phenoxy) is 3. The Balaban J connectivity index is 1.85. The Hall–Kier alpha value is -2.24. The smallest absolute Gasteiger partial charge is 0.311 e. The van der Waals surface area contributed by atoms with Crippen molar-refractivity contribution in [1.29, 1.82) is 0 Å². The molecule has 1 fully saturated rings. The van der Waals surface area contributed by atoms with Crippen LogP contribution < -0.4 is 14.8 Å². The van der Waals surface area contributed by atoms with E-state index in [9.17, 15) is 9.59 Å². The molecule has 25 heavy (non-hydrogen) atoms. The lowest BCUT2D eigenvalue weighted by Gasteiger charge is -2.24. The summed E-state index contributed by atoms with van der Waals surface area (Å²) < 4.78 is 15.7. The predicted octanol–water partition coefficient (Wildman–Crippen LogP) is 2.63. The van der Waals surface area contributed by atoms with E-state index in [2.05, 4.69) is 5.32 Å². The molecule has 0 aliphatic heterocycles. The monoisotopic (exact) mass is 349 g/mol. The molecule has 0 spiro atoms. The van der Waals surface area contributed by atoms with Gasteiger partial charge in [0.05, 0.1) is 20.6 Å². The second kappa shape index (κ2) is 9.30. The Kier molecular flexibility index (Phi) is 7.10. The van der Waals surface area contributed by atoms with Crippen LogP contribution in [0, 0.1) is 0 Å². The Bertz CT molecular complexity index is 595. The SMILES string of the molecule is COc1ccc(CC(=O)O[C@@H](C)C(=O)NC2CCCCC2)cc1OC. The number of carbonyl (C=O) groups excluding carboxylic acids is 2. The van der Waals surface area contributed by atoms with Crippen LogP contribution in [-0.4, -0.2) is 38.2 Å². The maximum absolute atomic E-state index is 12.2. The highest BCUT2D eigenvalue weighted by Crippen LogP contribution is 2.27. The van der Waals surface area contributed by atoms with E-state index in [-0.39, 0.29) is 18.4 Å². The van der Waals surface area contributed by atoms with Crippen molar-refractivity contribution in [1.82, 2.24) is 5.32 Å². The number of rotatable bonds is 7. The molecule has 1 aliphatic carbocycles. The zero-order valence-electron chi connectivity index (χ0n) is 15.2. The van der Waals surface area contributed by atoms with Crippen molar-refractivity contribution >= 4 is 11.9 Å². The van der Waals surface area contributed by atoms with Crippen LogP contribution in [0.2, 0.25) is 0 Å². The van der Waals surface area contributed by atoms with Crippen molar-refractivity contribution in [3.63, 3.8) is 0 Å². The minimum atomic E-state index is -0.797. The van der Waals surface area contributed by atoms with Gasteiger partial charge in [-0.2, -0.15) is 0 Å². The molecule has 0 radical (unpaired) electrons. The molecule has 1 saturated carbocycles. The number of hydrogen-bond donors (Lipinski definition) is 1. The molecule has 0 aromatic heterocycles. The van der Waals surface area contributed by atoms with Gasteiger partial charge in [-0.25, -0.2) is 0 Å². The molecule has 0 bridgehead atoms. The number of methoxy groups -OCH3 is 2. The summed E-state index contributed by atoms with van der Waals surface area (Å²) in [5, 5.41) is 2.97. The third kappa shape index (κ3) is 5.66. The summed E-state index contributed by atoms with van der Waals surface area (Å²) in [5.74, 6) is 0.474.